The highest BCUT2D eigenvalue weighted by molar-refractivity contribution is 5.42. The van der Waals surface area contributed by atoms with Gasteiger partial charge in [0.15, 0.2) is 0 Å². The van der Waals surface area contributed by atoms with E-state index < -0.39 is 0 Å². The fourth-order valence-electron chi connectivity index (χ4n) is 2.83. The molecule has 1 saturated carbocycles. The molecule has 2 atom stereocenters. The number of benzene rings is 1. The van der Waals surface area contributed by atoms with Crippen molar-refractivity contribution < 1.29 is 4.74 Å². The summed E-state index contributed by atoms with van der Waals surface area (Å²) in [4.78, 5) is 0. The SMILES string of the molecule is CC1(C)CCc2cc(C3CC3CN)ccc2O1. The smallest absolute Gasteiger partial charge is 0.123 e. The van der Waals surface area contributed by atoms with Crippen molar-refractivity contribution in [1.29, 1.82) is 0 Å². The van der Waals surface area contributed by atoms with Crippen LogP contribution in [0.2, 0.25) is 0 Å². The van der Waals surface area contributed by atoms with Crippen molar-refractivity contribution in [3.8, 4) is 5.75 Å². The van der Waals surface area contributed by atoms with Gasteiger partial charge in [-0.15, -0.1) is 0 Å². The van der Waals surface area contributed by atoms with Crippen molar-refractivity contribution in [2.24, 2.45) is 11.7 Å². The summed E-state index contributed by atoms with van der Waals surface area (Å²) in [5, 5.41) is 0. The molecule has 2 aliphatic rings. The van der Waals surface area contributed by atoms with Crippen molar-refractivity contribution in [1.82, 2.24) is 0 Å². The third kappa shape index (κ3) is 2.06. The molecular weight excluding hydrogens is 210 g/mol. The Morgan fingerprint density at radius 2 is 2.24 bits per heavy atom. The van der Waals surface area contributed by atoms with E-state index in [4.69, 9.17) is 10.5 Å². The molecule has 2 heteroatoms. The molecule has 1 fully saturated rings. The summed E-state index contributed by atoms with van der Waals surface area (Å²) >= 11 is 0. The van der Waals surface area contributed by atoms with Gasteiger partial charge in [0.25, 0.3) is 0 Å². The molecule has 1 aromatic rings. The maximum Gasteiger partial charge on any atom is 0.123 e. The Hall–Kier alpha value is -1.02. The maximum absolute atomic E-state index is 6.00. The number of hydrogen-bond acceptors (Lipinski definition) is 2. The Bertz CT molecular complexity index is 439. The molecule has 1 heterocycles. The monoisotopic (exact) mass is 231 g/mol. The van der Waals surface area contributed by atoms with Gasteiger partial charge >= 0.3 is 0 Å². The predicted molar refractivity (Wildman–Crippen MR) is 69.4 cm³/mol. The van der Waals surface area contributed by atoms with Gasteiger partial charge < -0.3 is 10.5 Å². The quantitative estimate of drug-likeness (QED) is 0.849. The van der Waals surface area contributed by atoms with Crippen molar-refractivity contribution >= 4 is 0 Å². The first-order valence-corrected chi connectivity index (χ1v) is 6.61. The van der Waals surface area contributed by atoms with Crippen molar-refractivity contribution in [2.45, 2.75) is 44.6 Å². The lowest BCUT2D eigenvalue weighted by molar-refractivity contribution is 0.0846. The Balaban J connectivity index is 1.84. The van der Waals surface area contributed by atoms with E-state index in [0.717, 1.165) is 25.1 Å². The predicted octanol–water partition coefficient (Wildman–Crippen LogP) is 2.85. The normalized spacial score (nSPS) is 29.4. The minimum Gasteiger partial charge on any atom is -0.488 e. The zero-order chi connectivity index (χ0) is 12.0. The van der Waals surface area contributed by atoms with Crippen LogP contribution in [-0.4, -0.2) is 12.1 Å². The highest BCUT2D eigenvalue weighted by Gasteiger charge is 2.37. The summed E-state index contributed by atoms with van der Waals surface area (Å²) in [6, 6.07) is 6.71. The first-order chi connectivity index (χ1) is 8.09. The molecule has 17 heavy (non-hydrogen) atoms. The summed E-state index contributed by atoms with van der Waals surface area (Å²) in [6.07, 6.45) is 3.51. The first kappa shape index (κ1) is 11.1. The number of aryl methyl sites for hydroxylation is 1. The Labute approximate surface area is 103 Å². The van der Waals surface area contributed by atoms with Crippen LogP contribution in [0.1, 0.15) is 43.7 Å². The summed E-state index contributed by atoms with van der Waals surface area (Å²) in [6.45, 7) is 5.15. The van der Waals surface area contributed by atoms with Crippen molar-refractivity contribution in [2.75, 3.05) is 6.54 Å². The van der Waals surface area contributed by atoms with Gasteiger partial charge in [0.2, 0.25) is 0 Å². The van der Waals surface area contributed by atoms with E-state index in [1.54, 1.807) is 0 Å². The maximum atomic E-state index is 6.00. The van der Waals surface area contributed by atoms with Gasteiger partial charge in [0.05, 0.1) is 0 Å². The third-order valence-electron chi connectivity index (χ3n) is 4.12. The summed E-state index contributed by atoms with van der Waals surface area (Å²) in [7, 11) is 0. The van der Waals surface area contributed by atoms with E-state index in [-0.39, 0.29) is 5.60 Å². The molecular formula is C15H21NO. The number of hydrogen-bond donors (Lipinski definition) is 1. The minimum absolute atomic E-state index is 0.00606. The average molecular weight is 231 g/mol. The van der Waals surface area contributed by atoms with Crippen LogP contribution in [-0.2, 0) is 6.42 Å². The number of nitrogens with two attached hydrogens (primary N) is 1. The van der Waals surface area contributed by atoms with Crippen LogP contribution in [0.3, 0.4) is 0 Å². The van der Waals surface area contributed by atoms with Gasteiger partial charge in [-0.3, -0.25) is 0 Å². The van der Waals surface area contributed by atoms with Crippen LogP contribution in [0.15, 0.2) is 18.2 Å². The summed E-state index contributed by atoms with van der Waals surface area (Å²) in [5.41, 5.74) is 8.54. The van der Waals surface area contributed by atoms with Crippen LogP contribution >= 0.6 is 0 Å². The van der Waals surface area contributed by atoms with Crippen molar-refractivity contribution in [3.63, 3.8) is 0 Å². The molecule has 1 aromatic carbocycles. The average Bonchev–Trinajstić information content (AvgIpc) is 3.06. The highest BCUT2D eigenvalue weighted by Crippen LogP contribution is 2.48. The largest absolute Gasteiger partial charge is 0.488 e. The van der Waals surface area contributed by atoms with Gasteiger partial charge in [0, 0.05) is 0 Å². The van der Waals surface area contributed by atoms with E-state index >= 15 is 0 Å². The summed E-state index contributed by atoms with van der Waals surface area (Å²) in [5.74, 6) is 2.50. The molecule has 0 aromatic heterocycles. The Morgan fingerprint density at radius 1 is 1.41 bits per heavy atom. The zero-order valence-corrected chi connectivity index (χ0v) is 10.7. The van der Waals surface area contributed by atoms with Gasteiger partial charge in [-0.05, 0) is 68.7 Å². The van der Waals surface area contributed by atoms with E-state index in [0.29, 0.717) is 11.8 Å². The van der Waals surface area contributed by atoms with Gasteiger partial charge in [-0.1, -0.05) is 12.1 Å². The number of fused-ring (bicyclic) bond motifs is 1. The number of rotatable bonds is 2. The molecule has 1 aliphatic carbocycles. The zero-order valence-electron chi connectivity index (χ0n) is 10.7. The lowest BCUT2D eigenvalue weighted by atomic mass is 9.92. The second-order valence-electron chi connectivity index (χ2n) is 6.07. The highest BCUT2D eigenvalue weighted by atomic mass is 16.5. The topological polar surface area (TPSA) is 35.2 Å². The molecule has 1 aliphatic heterocycles. The van der Waals surface area contributed by atoms with E-state index in [1.807, 2.05) is 0 Å². The molecule has 0 radical (unpaired) electrons. The molecule has 0 saturated heterocycles. The lowest BCUT2D eigenvalue weighted by Gasteiger charge is -2.32. The fraction of sp³-hybridized carbons (Fsp3) is 0.600. The lowest BCUT2D eigenvalue weighted by Crippen LogP contribution is -2.32. The van der Waals surface area contributed by atoms with Crippen LogP contribution in [0.4, 0.5) is 0 Å². The van der Waals surface area contributed by atoms with Crippen LogP contribution < -0.4 is 10.5 Å². The Morgan fingerprint density at radius 3 is 2.94 bits per heavy atom. The molecule has 2 N–H and O–H groups in total. The molecule has 2 nitrogen and oxygen atoms in total. The van der Waals surface area contributed by atoms with Crippen LogP contribution in [0.25, 0.3) is 0 Å². The van der Waals surface area contributed by atoms with E-state index in [1.165, 1.54) is 17.5 Å². The molecule has 0 amide bonds. The van der Waals surface area contributed by atoms with Gasteiger partial charge in [-0.25, -0.2) is 0 Å². The second-order valence-corrected chi connectivity index (χ2v) is 6.07. The Kier molecular flexibility index (Phi) is 2.44. The molecule has 0 bridgehead atoms. The first-order valence-electron chi connectivity index (χ1n) is 6.61. The van der Waals surface area contributed by atoms with E-state index in [2.05, 4.69) is 32.0 Å². The molecule has 2 unspecified atom stereocenters. The van der Waals surface area contributed by atoms with Crippen LogP contribution in [0.5, 0.6) is 5.75 Å². The number of ether oxygens (including phenoxy) is 1. The molecule has 0 spiro atoms. The van der Waals surface area contributed by atoms with E-state index in [9.17, 15) is 0 Å². The third-order valence-corrected chi connectivity index (χ3v) is 4.12. The second kappa shape index (κ2) is 3.74. The van der Waals surface area contributed by atoms with Crippen LogP contribution in [0, 0.1) is 5.92 Å². The molecule has 3 rings (SSSR count). The fourth-order valence-corrected chi connectivity index (χ4v) is 2.83. The van der Waals surface area contributed by atoms with Gasteiger partial charge in [-0.2, -0.15) is 0 Å². The minimum atomic E-state index is -0.00606. The summed E-state index contributed by atoms with van der Waals surface area (Å²) < 4.78 is 6.00. The standard InChI is InChI=1S/C15H21NO/c1-15(2)6-5-11-7-10(3-4-14(11)17-15)13-8-12(13)9-16/h3-4,7,12-13H,5-6,8-9,16H2,1-2H3. The van der Waals surface area contributed by atoms with Gasteiger partial charge in [0.1, 0.15) is 11.4 Å². The van der Waals surface area contributed by atoms with Crippen molar-refractivity contribution in [3.05, 3.63) is 29.3 Å². The molecule has 92 valence electrons.